The molecule has 134 valence electrons. The molecule has 2 atom stereocenters. The first-order chi connectivity index (χ1) is 12.1. The Labute approximate surface area is 146 Å². The maximum Gasteiger partial charge on any atom is 0.322 e. The molecule has 2 aliphatic heterocycles. The lowest BCUT2D eigenvalue weighted by atomic mass is 10.00. The van der Waals surface area contributed by atoms with Crippen molar-refractivity contribution in [3.63, 3.8) is 0 Å². The normalized spacial score (nSPS) is 23.6. The molecule has 0 radical (unpaired) electrons. The van der Waals surface area contributed by atoms with Crippen molar-refractivity contribution in [1.82, 2.24) is 15.5 Å². The van der Waals surface area contributed by atoms with E-state index in [4.69, 9.17) is 4.74 Å². The number of hydrogen-bond donors (Lipinski definition) is 2. The Morgan fingerprint density at radius 1 is 1.20 bits per heavy atom. The summed E-state index contributed by atoms with van der Waals surface area (Å²) in [6, 6.07) is 6.44. The smallest absolute Gasteiger partial charge is 0.322 e. The van der Waals surface area contributed by atoms with Gasteiger partial charge in [-0.25, -0.2) is 4.79 Å². The minimum absolute atomic E-state index is 0.00969. The Hall–Kier alpha value is -2.57. The summed E-state index contributed by atoms with van der Waals surface area (Å²) in [6.07, 6.45) is 3.96. The molecule has 0 saturated carbocycles. The maximum atomic E-state index is 12.8. The SMILES string of the molecule is COc1ccc([C@H]2CCCCCN2C(=O)C[C@@H]2NC(=O)NC2=O)cc1. The second-order valence-electron chi connectivity index (χ2n) is 6.44. The number of nitrogens with one attached hydrogen (secondary N) is 2. The lowest BCUT2D eigenvalue weighted by molar-refractivity contribution is -0.136. The Kier molecular flexibility index (Phi) is 5.21. The van der Waals surface area contributed by atoms with E-state index in [2.05, 4.69) is 10.6 Å². The van der Waals surface area contributed by atoms with Crippen LogP contribution in [0.5, 0.6) is 5.75 Å². The van der Waals surface area contributed by atoms with Gasteiger partial charge in [0.2, 0.25) is 5.91 Å². The van der Waals surface area contributed by atoms with Crippen molar-refractivity contribution in [2.24, 2.45) is 0 Å². The minimum Gasteiger partial charge on any atom is -0.497 e. The third-order valence-electron chi connectivity index (χ3n) is 4.81. The van der Waals surface area contributed by atoms with E-state index in [-0.39, 0.29) is 18.4 Å². The highest BCUT2D eigenvalue weighted by Gasteiger charge is 2.34. The molecule has 1 aromatic rings. The highest BCUT2D eigenvalue weighted by molar-refractivity contribution is 6.05. The number of carbonyl (C=O) groups is 3. The van der Waals surface area contributed by atoms with E-state index < -0.39 is 18.0 Å². The van der Waals surface area contributed by atoms with Gasteiger partial charge in [-0.3, -0.25) is 14.9 Å². The largest absolute Gasteiger partial charge is 0.497 e. The minimum atomic E-state index is -0.778. The molecule has 2 fully saturated rings. The van der Waals surface area contributed by atoms with Crippen molar-refractivity contribution < 1.29 is 19.1 Å². The topological polar surface area (TPSA) is 87.7 Å². The second kappa shape index (κ2) is 7.55. The fourth-order valence-electron chi connectivity index (χ4n) is 3.47. The molecule has 0 aromatic heterocycles. The molecular weight excluding hydrogens is 322 g/mol. The van der Waals surface area contributed by atoms with Crippen molar-refractivity contribution >= 4 is 17.8 Å². The van der Waals surface area contributed by atoms with E-state index in [0.717, 1.165) is 37.0 Å². The van der Waals surface area contributed by atoms with Crippen LogP contribution in [0.4, 0.5) is 4.79 Å². The molecular formula is C18H23N3O4. The predicted octanol–water partition coefficient (Wildman–Crippen LogP) is 1.74. The third kappa shape index (κ3) is 3.92. The van der Waals surface area contributed by atoms with Crippen LogP contribution >= 0.6 is 0 Å². The lowest BCUT2D eigenvalue weighted by Crippen LogP contribution is -2.40. The third-order valence-corrected chi connectivity index (χ3v) is 4.81. The summed E-state index contributed by atoms with van der Waals surface area (Å²) >= 11 is 0. The number of ether oxygens (including phenoxy) is 1. The van der Waals surface area contributed by atoms with Gasteiger partial charge in [-0.05, 0) is 30.5 Å². The molecule has 2 N–H and O–H groups in total. The van der Waals surface area contributed by atoms with Crippen LogP contribution < -0.4 is 15.4 Å². The number of amides is 4. The second-order valence-corrected chi connectivity index (χ2v) is 6.44. The number of urea groups is 1. The predicted molar refractivity (Wildman–Crippen MR) is 91.0 cm³/mol. The molecule has 0 bridgehead atoms. The number of hydrogen-bond acceptors (Lipinski definition) is 4. The van der Waals surface area contributed by atoms with Crippen molar-refractivity contribution in [3.8, 4) is 5.75 Å². The Morgan fingerprint density at radius 2 is 1.96 bits per heavy atom. The van der Waals surface area contributed by atoms with Gasteiger partial charge in [-0.1, -0.05) is 25.0 Å². The van der Waals surface area contributed by atoms with Gasteiger partial charge >= 0.3 is 6.03 Å². The van der Waals surface area contributed by atoms with Gasteiger partial charge in [0, 0.05) is 6.54 Å². The summed E-state index contributed by atoms with van der Waals surface area (Å²) in [7, 11) is 1.62. The van der Waals surface area contributed by atoms with Gasteiger partial charge in [0.05, 0.1) is 19.6 Å². The van der Waals surface area contributed by atoms with Gasteiger partial charge in [-0.2, -0.15) is 0 Å². The average Bonchev–Trinajstić information content (AvgIpc) is 2.80. The molecule has 25 heavy (non-hydrogen) atoms. The number of methoxy groups -OCH3 is 1. The summed E-state index contributed by atoms with van der Waals surface area (Å²) in [6.45, 7) is 0.664. The van der Waals surface area contributed by atoms with Crippen LogP contribution in [0.25, 0.3) is 0 Å². The highest BCUT2D eigenvalue weighted by Crippen LogP contribution is 2.31. The molecule has 4 amide bonds. The first-order valence-electron chi connectivity index (χ1n) is 8.63. The first kappa shape index (κ1) is 17.3. The van der Waals surface area contributed by atoms with Crippen LogP contribution in [0.15, 0.2) is 24.3 Å². The van der Waals surface area contributed by atoms with Gasteiger partial charge in [0.25, 0.3) is 5.91 Å². The summed E-state index contributed by atoms with van der Waals surface area (Å²) in [5, 5.41) is 4.66. The van der Waals surface area contributed by atoms with E-state index in [1.165, 1.54) is 0 Å². The molecule has 2 saturated heterocycles. The highest BCUT2D eigenvalue weighted by atomic mass is 16.5. The molecule has 0 aliphatic carbocycles. The summed E-state index contributed by atoms with van der Waals surface area (Å²) in [5.41, 5.74) is 1.07. The molecule has 7 nitrogen and oxygen atoms in total. The molecule has 2 heterocycles. The zero-order valence-electron chi connectivity index (χ0n) is 14.3. The van der Waals surface area contributed by atoms with E-state index in [9.17, 15) is 14.4 Å². The van der Waals surface area contributed by atoms with Crippen LogP contribution in [-0.4, -0.2) is 42.4 Å². The number of imide groups is 1. The molecule has 1 aromatic carbocycles. The van der Waals surface area contributed by atoms with Crippen LogP contribution in [-0.2, 0) is 9.59 Å². The number of likely N-dealkylation sites (tertiary alicyclic amines) is 1. The standard InChI is InChI=1S/C18H23N3O4/c1-25-13-8-6-12(7-9-13)15-5-3-2-4-10-21(15)16(22)11-14-17(23)20-18(24)19-14/h6-9,14-15H,2-5,10-11H2,1H3,(H2,19,20,23,24)/t14-,15+/m0/s1. The molecule has 0 spiro atoms. The summed E-state index contributed by atoms with van der Waals surface area (Å²) in [5.74, 6) is 0.236. The van der Waals surface area contributed by atoms with Crippen molar-refractivity contribution in [3.05, 3.63) is 29.8 Å². The van der Waals surface area contributed by atoms with E-state index >= 15 is 0 Å². The fraction of sp³-hybridized carbons (Fsp3) is 0.500. The first-order valence-corrected chi connectivity index (χ1v) is 8.63. The van der Waals surface area contributed by atoms with Crippen molar-refractivity contribution in [2.75, 3.05) is 13.7 Å². The van der Waals surface area contributed by atoms with Crippen molar-refractivity contribution in [1.29, 1.82) is 0 Å². The van der Waals surface area contributed by atoms with Crippen LogP contribution in [0, 0.1) is 0 Å². The van der Waals surface area contributed by atoms with E-state index in [0.29, 0.717) is 6.54 Å². The van der Waals surface area contributed by atoms with Crippen LogP contribution in [0.1, 0.15) is 43.7 Å². The van der Waals surface area contributed by atoms with Gasteiger partial charge < -0.3 is 15.0 Å². The number of benzene rings is 1. The number of rotatable bonds is 4. The zero-order valence-corrected chi connectivity index (χ0v) is 14.3. The van der Waals surface area contributed by atoms with Gasteiger partial charge in [0.15, 0.2) is 0 Å². The van der Waals surface area contributed by atoms with Crippen molar-refractivity contribution in [2.45, 2.75) is 44.2 Å². The summed E-state index contributed by atoms with van der Waals surface area (Å²) < 4.78 is 5.20. The van der Waals surface area contributed by atoms with E-state index in [1.54, 1.807) is 7.11 Å². The lowest BCUT2D eigenvalue weighted by Gasteiger charge is -2.31. The summed E-state index contributed by atoms with van der Waals surface area (Å²) in [4.78, 5) is 37.6. The number of carbonyl (C=O) groups excluding carboxylic acids is 3. The maximum absolute atomic E-state index is 12.8. The van der Waals surface area contributed by atoms with Gasteiger partial charge in [0.1, 0.15) is 11.8 Å². The Bertz CT molecular complexity index is 659. The van der Waals surface area contributed by atoms with E-state index in [1.807, 2.05) is 29.2 Å². The fourth-order valence-corrected chi connectivity index (χ4v) is 3.47. The molecule has 3 rings (SSSR count). The quantitative estimate of drug-likeness (QED) is 0.814. The molecule has 7 heteroatoms. The zero-order chi connectivity index (χ0) is 17.8. The van der Waals surface area contributed by atoms with Crippen LogP contribution in [0.3, 0.4) is 0 Å². The molecule has 2 aliphatic rings. The Balaban J connectivity index is 1.76. The van der Waals surface area contributed by atoms with Crippen LogP contribution in [0.2, 0.25) is 0 Å². The number of nitrogens with zero attached hydrogens (tertiary/aromatic N) is 1. The van der Waals surface area contributed by atoms with Gasteiger partial charge in [-0.15, -0.1) is 0 Å². The Morgan fingerprint density at radius 3 is 2.60 bits per heavy atom. The average molecular weight is 345 g/mol. The monoisotopic (exact) mass is 345 g/mol. The molecule has 0 unspecified atom stereocenters.